The van der Waals surface area contributed by atoms with Crippen LogP contribution in [0, 0.1) is 0 Å². The average molecular weight is 193 g/mol. The van der Waals surface area contributed by atoms with Crippen molar-refractivity contribution in [3.8, 4) is 0 Å². The van der Waals surface area contributed by atoms with E-state index >= 15 is 0 Å². The summed E-state index contributed by atoms with van der Waals surface area (Å²) in [5.74, 6) is 1.41. The van der Waals surface area contributed by atoms with E-state index in [0.29, 0.717) is 5.82 Å². The van der Waals surface area contributed by atoms with Gasteiger partial charge in [-0.05, 0) is 32.4 Å². The molecule has 0 radical (unpaired) electrons. The summed E-state index contributed by atoms with van der Waals surface area (Å²) in [6.45, 7) is 6.51. The summed E-state index contributed by atoms with van der Waals surface area (Å²) < 4.78 is 0. The van der Waals surface area contributed by atoms with Crippen molar-refractivity contribution < 1.29 is 0 Å². The van der Waals surface area contributed by atoms with Gasteiger partial charge in [-0.25, -0.2) is 4.98 Å². The first kappa shape index (κ1) is 10.8. The highest BCUT2D eigenvalue weighted by Gasteiger charge is 2.16. The van der Waals surface area contributed by atoms with Gasteiger partial charge < -0.3 is 11.1 Å². The molecule has 0 aliphatic heterocycles. The van der Waals surface area contributed by atoms with Crippen LogP contribution in [0.1, 0.15) is 33.6 Å². The lowest BCUT2D eigenvalue weighted by Crippen LogP contribution is -2.30. The number of hydrogen-bond donors (Lipinski definition) is 2. The molecule has 1 aromatic rings. The highest BCUT2D eigenvalue weighted by atomic mass is 15.1. The lowest BCUT2D eigenvalue weighted by Gasteiger charge is -2.26. The van der Waals surface area contributed by atoms with Crippen molar-refractivity contribution in [3.05, 3.63) is 18.2 Å². The zero-order valence-corrected chi connectivity index (χ0v) is 9.17. The quantitative estimate of drug-likeness (QED) is 0.773. The number of nitrogens with two attached hydrogens (primary N) is 1. The number of anilines is 2. The Kier molecular flexibility index (Phi) is 3.33. The SMILES string of the molecule is CCCC(C)(C)Nc1cccc(N)n1. The van der Waals surface area contributed by atoms with Crippen LogP contribution < -0.4 is 11.1 Å². The Morgan fingerprint density at radius 3 is 2.71 bits per heavy atom. The maximum atomic E-state index is 5.60. The van der Waals surface area contributed by atoms with Crippen LogP contribution in [-0.2, 0) is 0 Å². The first-order valence-corrected chi connectivity index (χ1v) is 5.04. The molecule has 14 heavy (non-hydrogen) atoms. The van der Waals surface area contributed by atoms with Crippen LogP contribution in [-0.4, -0.2) is 10.5 Å². The Morgan fingerprint density at radius 1 is 1.43 bits per heavy atom. The van der Waals surface area contributed by atoms with E-state index in [1.165, 1.54) is 0 Å². The van der Waals surface area contributed by atoms with Crippen LogP contribution in [0.3, 0.4) is 0 Å². The number of aromatic nitrogens is 1. The minimum absolute atomic E-state index is 0.0789. The Morgan fingerprint density at radius 2 is 2.14 bits per heavy atom. The van der Waals surface area contributed by atoms with E-state index in [4.69, 9.17) is 5.73 Å². The molecule has 0 aliphatic rings. The average Bonchev–Trinajstić information content (AvgIpc) is 2.02. The molecular formula is C11H19N3. The zero-order valence-electron chi connectivity index (χ0n) is 9.17. The highest BCUT2D eigenvalue weighted by Crippen LogP contribution is 2.18. The first-order chi connectivity index (χ1) is 6.53. The maximum Gasteiger partial charge on any atom is 0.128 e. The van der Waals surface area contributed by atoms with E-state index in [-0.39, 0.29) is 5.54 Å². The number of nitrogen functional groups attached to an aromatic ring is 1. The molecule has 3 N–H and O–H groups in total. The van der Waals surface area contributed by atoms with Crippen LogP contribution in [0.25, 0.3) is 0 Å². The summed E-state index contributed by atoms with van der Waals surface area (Å²) >= 11 is 0. The molecule has 0 unspecified atom stereocenters. The van der Waals surface area contributed by atoms with Crippen molar-refractivity contribution in [1.29, 1.82) is 0 Å². The molecule has 0 saturated carbocycles. The van der Waals surface area contributed by atoms with Gasteiger partial charge in [-0.2, -0.15) is 0 Å². The van der Waals surface area contributed by atoms with Gasteiger partial charge in [0.15, 0.2) is 0 Å². The van der Waals surface area contributed by atoms with E-state index in [0.717, 1.165) is 18.7 Å². The first-order valence-electron chi connectivity index (χ1n) is 5.04. The molecule has 0 fully saturated rings. The summed E-state index contributed by atoms with van der Waals surface area (Å²) in [5.41, 5.74) is 5.68. The Bertz CT molecular complexity index is 294. The Labute approximate surface area is 85.7 Å². The molecule has 78 valence electrons. The molecule has 0 amide bonds. The molecule has 0 spiro atoms. The third-order valence-electron chi connectivity index (χ3n) is 2.11. The van der Waals surface area contributed by atoms with Crippen molar-refractivity contribution in [1.82, 2.24) is 4.98 Å². The largest absolute Gasteiger partial charge is 0.384 e. The third-order valence-corrected chi connectivity index (χ3v) is 2.11. The summed E-state index contributed by atoms with van der Waals surface area (Å²) in [6, 6.07) is 5.64. The predicted molar refractivity (Wildman–Crippen MR) is 61.3 cm³/mol. The molecule has 0 aliphatic carbocycles. The van der Waals surface area contributed by atoms with Gasteiger partial charge in [-0.1, -0.05) is 19.4 Å². The van der Waals surface area contributed by atoms with Gasteiger partial charge in [0, 0.05) is 5.54 Å². The van der Waals surface area contributed by atoms with Gasteiger partial charge in [0.1, 0.15) is 11.6 Å². The molecule has 0 saturated heterocycles. The van der Waals surface area contributed by atoms with Crippen LogP contribution in [0.2, 0.25) is 0 Å². The zero-order chi connectivity index (χ0) is 10.6. The van der Waals surface area contributed by atoms with Crippen molar-refractivity contribution in [2.45, 2.75) is 39.2 Å². The lowest BCUT2D eigenvalue weighted by molar-refractivity contribution is 0.509. The summed E-state index contributed by atoms with van der Waals surface area (Å²) in [6.07, 6.45) is 2.27. The Balaban J connectivity index is 2.68. The van der Waals surface area contributed by atoms with Gasteiger partial charge >= 0.3 is 0 Å². The number of nitrogens with one attached hydrogen (secondary N) is 1. The second-order valence-corrected chi connectivity index (χ2v) is 4.21. The second-order valence-electron chi connectivity index (χ2n) is 4.21. The van der Waals surface area contributed by atoms with Crippen LogP contribution >= 0.6 is 0 Å². The molecular weight excluding hydrogens is 174 g/mol. The number of nitrogens with zero attached hydrogens (tertiary/aromatic N) is 1. The van der Waals surface area contributed by atoms with E-state index in [1.807, 2.05) is 12.1 Å². The smallest absolute Gasteiger partial charge is 0.128 e. The predicted octanol–water partition coefficient (Wildman–Crippen LogP) is 2.65. The van der Waals surface area contributed by atoms with Gasteiger partial charge in [0.2, 0.25) is 0 Å². The standard InChI is InChI=1S/C11H19N3/c1-4-8-11(2,3)14-10-7-5-6-9(12)13-10/h5-7H,4,8H2,1-3H3,(H3,12,13,14). The fraction of sp³-hybridized carbons (Fsp3) is 0.545. The van der Waals surface area contributed by atoms with Crippen LogP contribution in [0.4, 0.5) is 11.6 Å². The second kappa shape index (κ2) is 4.31. The number of rotatable bonds is 4. The van der Waals surface area contributed by atoms with Gasteiger partial charge in [0.05, 0.1) is 0 Å². The number of hydrogen-bond acceptors (Lipinski definition) is 3. The lowest BCUT2D eigenvalue weighted by atomic mass is 9.99. The molecule has 1 heterocycles. The molecule has 3 heteroatoms. The van der Waals surface area contributed by atoms with E-state index in [9.17, 15) is 0 Å². The van der Waals surface area contributed by atoms with E-state index < -0.39 is 0 Å². The van der Waals surface area contributed by atoms with Gasteiger partial charge in [0.25, 0.3) is 0 Å². The summed E-state index contributed by atoms with van der Waals surface area (Å²) in [4.78, 5) is 4.21. The molecule has 1 aromatic heterocycles. The minimum atomic E-state index is 0.0789. The fourth-order valence-corrected chi connectivity index (χ4v) is 1.56. The van der Waals surface area contributed by atoms with Gasteiger partial charge in [-0.15, -0.1) is 0 Å². The van der Waals surface area contributed by atoms with Crippen molar-refractivity contribution in [2.75, 3.05) is 11.1 Å². The minimum Gasteiger partial charge on any atom is -0.384 e. The number of pyridine rings is 1. The van der Waals surface area contributed by atoms with Crippen molar-refractivity contribution in [3.63, 3.8) is 0 Å². The van der Waals surface area contributed by atoms with Crippen LogP contribution in [0.15, 0.2) is 18.2 Å². The molecule has 3 nitrogen and oxygen atoms in total. The van der Waals surface area contributed by atoms with Crippen molar-refractivity contribution in [2.24, 2.45) is 0 Å². The normalized spacial score (nSPS) is 11.4. The third kappa shape index (κ3) is 3.24. The van der Waals surface area contributed by atoms with Gasteiger partial charge in [-0.3, -0.25) is 0 Å². The summed E-state index contributed by atoms with van der Waals surface area (Å²) in [5, 5.41) is 3.37. The monoisotopic (exact) mass is 193 g/mol. The fourth-order valence-electron chi connectivity index (χ4n) is 1.56. The summed E-state index contributed by atoms with van der Waals surface area (Å²) in [7, 11) is 0. The topological polar surface area (TPSA) is 50.9 Å². The maximum absolute atomic E-state index is 5.60. The van der Waals surface area contributed by atoms with E-state index in [2.05, 4.69) is 31.1 Å². The highest BCUT2D eigenvalue weighted by molar-refractivity contribution is 5.43. The molecule has 0 atom stereocenters. The Hall–Kier alpha value is -1.25. The molecule has 1 rings (SSSR count). The molecule has 0 bridgehead atoms. The van der Waals surface area contributed by atoms with Crippen molar-refractivity contribution >= 4 is 11.6 Å². The van der Waals surface area contributed by atoms with E-state index in [1.54, 1.807) is 6.07 Å². The van der Waals surface area contributed by atoms with Crippen LogP contribution in [0.5, 0.6) is 0 Å². The molecule has 0 aromatic carbocycles.